The molecule has 133 valence electrons. The van der Waals surface area contributed by atoms with E-state index in [1.807, 2.05) is 0 Å². The molecule has 0 bridgehead atoms. The fraction of sp³-hybridized carbons (Fsp3) is 0.167. The second kappa shape index (κ2) is 9.88. The number of methoxy groups -OCH3 is 1. The molecule has 1 aromatic carbocycles. The van der Waals surface area contributed by atoms with E-state index in [0.717, 1.165) is 10.9 Å². The number of nitrogens with one attached hydrogen (secondary N) is 1. The predicted molar refractivity (Wildman–Crippen MR) is 87.3 cm³/mol. The van der Waals surface area contributed by atoms with E-state index in [1.165, 1.54) is 32.2 Å². The minimum Gasteiger partial charge on any atom is -0.641 e. The Bertz CT molecular complexity index is 887. The van der Waals surface area contributed by atoms with Crippen molar-refractivity contribution in [1.29, 1.82) is 0 Å². The largest absolute Gasteiger partial charge is 1.00 e. The fourth-order valence-electron chi connectivity index (χ4n) is 1.83. The molecular weight excluding hydrogens is 564 g/mol. The van der Waals surface area contributed by atoms with E-state index < -0.39 is 20.0 Å². The number of rotatable bonds is 4. The van der Waals surface area contributed by atoms with Gasteiger partial charge in [0, 0.05) is 42.2 Å². The van der Waals surface area contributed by atoms with Crippen LogP contribution in [0, 0.1) is 0 Å². The number of hydrogen-bond acceptors (Lipinski definition) is 8. The number of hydrogen-bond donors (Lipinski definition) is 1. The van der Waals surface area contributed by atoms with Crippen LogP contribution >= 0.6 is 0 Å². The minimum absolute atomic E-state index is 0. The summed E-state index contributed by atoms with van der Waals surface area (Å²) in [5.74, 6) is -1.02. The fourth-order valence-corrected chi connectivity index (χ4v) is 2.71. The molecule has 1 radical (unpaired) electrons. The number of aromatic nitrogens is 3. The van der Waals surface area contributed by atoms with Gasteiger partial charge < -0.3 is 21.7 Å². The van der Waals surface area contributed by atoms with Crippen LogP contribution in [0.15, 0.2) is 29.7 Å². The van der Waals surface area contributed by atoms with Gasteiger partial charge in [-0.15, -0.1) is 10.2 Å². The Morgan fingerprint density at radius 1 is 1.28 bits per heavy atom. The van der Waals surface area contributed by atoms with Crippen LogP contribution in [-0.2, 0) is 52.4 Å². The molecule has 0 saturated heterocycles. The number of amides is 1. The van der Waals surface area contributed by atoms with Gasteiger partial charge in [0.2, 0.25) is 11.1 Å². The van der Waals surface area contributed by atoms with E-state index in [-0.39, 0.29) is 74.8 Å². The van der Waals surface area contributed by atoms with Crippen LogP contribution in [0.1, 0.15) is 17.3 Å². The van der Waals surface area contributed by atoms with Gasteiger partial charge >= 0.3 is 28.3 Å². The number of esters is 1. The molecule has 2 rings (SSSR count). The maximum Gasteiger partial charge on any atom is 1.00 e. The zero-order valence-corrected chi connectivity index (χ0v) is 19.1. The predicted octanol–water partition coefficient (Wildman–Crippen LogP) is -0.135. The van der Waals surface area contributed by atoms with Crippen molar-refractivity contribution in [3.8, 4) is 5.69 Å². The van der Waals surface area contributed by atoms with Crippen molar-refractivity contribution >= 4 is 67.7 Å². The maximum absolute atomic E-state index is 11.7. The van der Waals surface area contributed by atoms with Gasteiger partial charge in [0.1, 0.15) is 6.33 Å². The molecule has 0 spiro atoms. The summed E-state index contributed by atoms with van der Waals surface area (Å²) < 4.78 is 28.8. The molecule has 0 fully saturated rings. The van der Waals surface area contributed by atoms with Crippen molar-refractivity contribution < 1.29 is 45.1 Å². The summed E-state index contributed by atoms with van der Waals surface area (Å²) in [6.07, 6.45) is 1.13. The first kappa shape index (κ1) is 24.3. The van der Waals surface area contributed by atoms with Gasteiger partial charge in [-0.2, -0.15) is 0 Å². The second-order valence-electron chi connectivity index (χ2n) is 4.38. The van der Waals surface area contributed by atoms with Crippen LogP contribution in [0.4, 0.5) is 5.69 Å². The van der Waals surface area contributed by atoms with Crippen molar-refractivity contribution in [2.45, 2.75) is 12.1 Å². The summed E-state index contributed by atoms with van der Waals surface area (Å²) in [7, 11) is -2.84. The molecule has 1 heterocycles. The van der Waals surface area contributed by atoms with Crippen LogP contribution in [0.5, 0.6) is 0 Å². The molecule has 0 aliphatic rings. The van der Waals surface area contributed by atoms with E-state index in [0.29, 0.717) is 0 Å². The standard InChI is InChI=1S/C12H12N4O5S2.Au.Na/c1-7(17)14-9-3-8(11(18)21-2)4-10(5-9)16-6-13-15-12(16)23(19,20)22;;/h3-6H,1-2H3,(H,14,17)(H,19,20,22);;/q;+1;/p-1. The molecule has 0 atom stereocenters. The van der Waals surface area contributed by atoms with Crippen molar-refractivity contribution in [3.63, 3.8) is 0 Å². The minimum atomic E-state index is -4.04. The zero-order valence-electron chi connectivity index (χ0n) is 13.3. The Kier molecular flexibility index (Phi) is 9.62. The summed E-state index contributed by atoms with van der Waals surface area (Å²) in [6.45, 7) is 1.29. The summed E-state index contributed by atoms with van der Waals surface area (Å²) in [6, 6.07) is 4.20. The van der Waals surface area contributed by atoms with E-state index in [1.54, 1.807) is 0 Å². The molecule has 25 heavy (non-hydrogen) atoms. The van der Waals surface area contributed by atoms with E-state index in [9.17, 15) is 18.0 Å². The van der Waals surface area contributed by atoms with Gasteiger partial charge in [0.15, 0.2) is 0 Å². The van der Waals surface area contributed by atoms with Crippen LogP contribution in [-0.4, -0.2) is 71.7 Å². The molecule has 0 saturated carbocycles. The Labute approximate surface area is 186 Å². The number of nitrogens with zero attached hydrogens (tertiary/aromatic N) is 3. The zero-order chi connectivity index (χ0) is 17.2. The van der Waals surface area contributed by atoms with Crippen molar-refractivity contribution in [3.05, 3.63) is 30.1 Å². The maximum atomic E-state index is 11.7. The third-order valence-corrected chi connectivity index (χ3v) is 3.85. The van der Waals surface area contributed by atoms with Gasteiger partial charge in [-0.25, -0.2) is 13.2 Å². The van der Waals surface area contributed by atoms with Crippen LogP contribution in [0.25, 0.3) is 5.69 Å². The van der Waals surface area contributed by atoms with Crippen LogP contribution < -0.4 is 5.32 Å². The Balaban J connectivity index is 0.00000288. The molecule has 1 amide bonds. The summed E-state index contributed by atoms with van der Waals surface area (Å²) in [5.41, 5.74) is 0.608. The molecule has 1 N–H and O–H groups in total. The van der Waals surface area contributed by atoms with Crippen molar-refractivity contribution in [2.75, 3.05) is 12.4 Å². The third kappa shape index (κ3) is 6.22. The first-order valence-electron chi connectivity index (χ1n) is 6.09. The topological polar surface area (TPSA) is 120 Å². The van der Waals surface area contributed by atoms with E-state index in [2.05, 4.69) is 31.9 Å². The van der Waals surface area contributed by atoms with E-state index in [4.69, 9.17) is 0 Å². The average molecular weight is 575 g/mol. The van der Waals surface area contributed by atoms with Crippen LogP contribution in [0.2, 0.25) is 0 Å². The first-order valence-corrected chi connectivity index (χ1v) is 8.50. The summed E-state index contributed by atoms with van der Waals surface area (Å²) in [4.78, 5) is 23.0. The average Bonchev–Trinajstić information content (AvgIpc) is 2.94. The quantitative estimate of drug-likeness (QED) is 0.232. The molecular formula is C12H11AuN4NaO5S2. The van der Waals surface area contributed by atoms with Gasteiger partial charge in [-0.1, -0.05) is 0 Å². The first-order chi connectivity index (χ1) is 10.7. The van der Waals surface area contributed by atoms with Crippen LogP contribution in [0.3, 0.4) is 0 Å². The van der Waals surface area contributed by atoms with Gasteiger partial charge in [-0.3, -0.25) is 9.36 Å². The molecule has 13 heteroatoms. The summed E-state index contributed by atoms with van der Waals surface area (Å²) in [5, 5.41) is 9.02. The smallest absolute Gasteiger partial charge is 0.641 e. The van der Waals surface area contributed by atoms with Crippen molar-refractivity contribution in [1.82, 2.24) is 14.8 Å². The number of carbonyl (C=O) groups excluding carboxylic acids is 2. The SMILES string of the molecule is COC(=O)c1cc(NC(C)=O)cc(-n2cnnc2S(=O)(=O)[S-])c1.[Au+].[Na]. The number of benzene rings is 1. The van der Waals surface area contributed by atoms with Gasteiger partial charge in [0.25, 0.3) is 0 Å². The number of anilines is 1. The molecule has 0 aliphatic heterocycles. The molecule has 0 unspecified atom stereocenters. The Morgan fingerprint density at radius 2 is 1.92 bits per heavy atom. The molecule has 2 aromatic rings. The molecule has 0 aliphatic carbocycles. The van der Waals surface area contributed by atoms with Gasteiger partial charge in [-0.05, 0) is 18.2 Å². The Morgan fingerprint density at radius 3 is 2.44 bits per heavy atom. The van der Waals surface area contributed by atoms with Crippen molar-refractivity contribution in [2.24, 2.45) is 0 Å². The molecule has 1 aromatic heterocycles. The molecule has 9 nitrogen and oxygen atoms in total. The third-order valence-electron chi connectivity index (χ3n) is 2.68. The number of carbonyl (C=O) groups is 2. The van der Waals surface area contributed by atoms with E-state index >= 15 is 0 Å². The monoisotopic (exact) mass is 575 g/mol. The van der Waals surface area contributed by atoms with Gasteiger partial charge in [0.05, 0.1) is 27.2 Å². The normalized spacial score (nSPS) is 10.2. The second-order valence-corrected chi connectivity index (χ2v) is 6.97. The Hall–Kier alpha value is -0.660. The summed E-state index contributed by atoms with van der Waals surface area (Å²) >= 11 is 4.39. The number of ether oxygens (including phenoxy) is 1.